The second-order valence-electron chi connectivity index (χ2n) is 6.34. The van der Waals surface area contributed by atoms with E-state index < -0.39 is 0 Å². The first-order valence-corrected chi connectivity index (χ1v) is 8.59. The van der Waals surface area contributed by atoms with Gasteiger partial charge in [0.25, 0.3) is 5.56 Å². The lowest BCUT2D eigenvalue weighted by Crippen LogP contribution is -2.26. The average Bonchev–Trinajstić information content (AvgIpc) is 2.92. The van der Waals surface area contributed by atoms with Crippen molar-refractivity contribution < 1.29 is 0 Å². The Hall–Kier alpha value is -2.58. The molecule has 0 amide bonds. The highest BCUT2D eigenvalue weighted by Gasteiger charge is 2.20. The number of nitrogens with zero attached hydrogens (tertiary/aromatic N) is 4. The predicted molar refractivity (Wildman–Crippen MR) is 99.1 cm³/mol. The van der Waals surface area contributed by atoms with Gasteiger partial charge >= 0.3 is 0 Å². The molecule has 0 bridgehead atoms. The summed E-state index contributed by atoms with van der Waals surface area (Å²) in [6.07, 6.45) is 0. The number of hydrogen-bond acceptors (Lipinski definition) is 3. The van der Waals surface area contributed by atoms with E-state index in [1.807, 2.05) is 19.9 Å². The first kappa shape index (κ1) is 17.2. The molecule has 0 aliphatic rings. The standard InChI is InChI=1S/C19H19ClN4O/c1-5-23-18(14-7-6-13(10-21)9-16(14)20)22-24-12(4)8-15(11(2)3)17(24)19(23)25/h6-9,11H,5H2,1-4H3. The maximum absolute atomic E-state index is 13.1. The van der Waals surface area contributed by atoms with Gasteiger partial charge < -0.3 is 0 Å². The van der Waals surface area contributed by atoms with Crippen molar-refractivity contribution in [1.29, 1.82) is 5.26 Å². The Kier molecular flexibility index (Phi) is 4.40. The van der Waals surface area contributed by atoms with Crippen molar-refractivity contribution in [2.75, 3.05) is 0 Å². The average molecular weight is 355 g/mol. The maximum atomic E-state index is 13.1. The molecule has 2 aromatic heterocycles. The number of nitriles is 1. The third-order valence-electron chi connectivity index (χ3n) is 4.36. The van der Waals surface area contributed by atoms with E-state index in [4.69, 9.17) is 22.0 Å². The van der Waals surface area contributed by atoms with E-state index in [1.165, 1.54) is 0 Å². The molecule has 0 radical (unpaired) electrons. The summed E-state index contributed by atoms with van der Waals surface area (Å²) < 4.78 is 3.33. The Morgan fingerprint density at radius 2 is 2.04 bits per heavy atom. The molecule has 0 aliphatic heterocycles. The summed E-state index contributed by atoms with van der Waals surface area (Å²) in [4.78, 5) is 13.1. The summed E-state index contributed by atoms with van der Waals surface area (Å²) in [5.74, 6) is 0.733. The van der Waals surface area contributed by atoms with Crippen molar-refractivity contribution in [3.63, 3.8) is 0 Å². The van der Waals surface area contributed by atoms with E-state index in [-0.39, 0.29) is 11.5 Å². The van der Waals surface area contributed by atoms with Crippen LogP contribution in [-0.4, -0.2) is 14.2 Å². The maximum Gasteiger partial charge on any atom is 0.278 e. The van der Waals surface area contributed by atoms with Gasteiger partial charge in [-0.25, -0.2) is 4.52 Å². The minimum absolute atomic E-state index is 0.0790. The normalized spacial score (nSPS) is 11.2. The Bertz CT molecular complexity index is 1070. The molecule has 0 unspecified atom stereocenters. The van der Waals surface area contributed by atoms with Gasteiger partial charge in [-0.15, -0.1) is 5.10 Å². The van der Waals surface area contributed by atoms with E-state index in [9.17, 15) is 4.79 Å². The minimum Gasteiger partial charge on any atom is -0.290 e. The van der Waals surface area contributed by atoms with Crippen molar-refractivity contribution in [2.45, 2.75) is 40.2 Å². The molecule has 0 N–H and O–H groups in total. The van der Waals surface area contributed by atoms with Crippen LogP contribution in [0.3, 0.4) is 0 Å². The van der Waals surface area contributed by atoms with Crippen molar-refractivity contribution in [2.24, 2.45) is 0 Å². The van der Waals surface area contributed by atoms with Gasteiger partial charge in [-0.05, 0) is 49.6 Å². The molecule has 0 saturated carbocycles. The summed E-state index contributed by atoms with van der Waals surface area (Å²) in [7, 11) is 0. The van der Waals surface area contributed by atoms with Gasteiger partial charge in [0.15, 0.2) is 5.82 Å². The third kappa shape index (κ3) is 2.73. The van der Waals surface area contributed by atoms with Crippen LogP contribution in [0.25, 0.3) is 16.9 Å². The lowest BCUT2D eigenvalue weighted by molar-refractivity contribution is 0.686. The fourth-order valence-electron chi connectivity index (χ4n) is 3.07. The first-order chi connectivity index (χ1) is 11.9. The summed E-state index contributed by atoms with van der Waals surface area (Å²) in [5, 5.41) is 14.1. The summed E-state index contributed by atoms with van der Waals surface area (Å²) in [6, 6.07) is 9.09. The SMILES string of the molecule is CCn1c(-c2ccc(C#N)cc2Cl)nn2c(C)cc(C(C)C)c2c1=O. The quantitative estimate of drug-likeness (QED) is 0.710. The van der Waals surface area contributed by atoms with Gasteiger partial charge in [-0.2, -0.15) is 5.26 Å². The molecule has 0 spiro atoms. The van der Waals surface area contributed by atoms with Crippen LogP contribution in [0.5, 0.6) is 0 Å². The Balaban J connectivity index is 2.40. The van der Waals surface area contributed by atoms with Crippen LogP contribution in [0.4, 0.5) is 0 Å². The van der Waals surface area contributed by atoms with Gasteiger partial charge in [0, 0.05) is 17.8 Å². The van der Waals surface area contributed by atoms with Crippen LogP contribution < -0.4 is 5.56 Å². The Labute approximate surface area is 151 Å². The van der Waals surface area contributed by atoms with Crippen LogP contribution in [-0.2, 0) is 6.54 Å². The first-order valence-electron chi connectivity index (χ1n) is 8.22. The second kappa shape index (κ2) is 6.38. The van der Waals surface area contributed by atoms with Crippen LogP contribution in [0.1, 0.15) is 43.5 Å². The number of hydrogen-bond donors (Lipinski definition) is 0. The third-order valence-corrected chi connectivity index (χ3v) is 4.67. The molecule has 0 atom stereocenters. The zero-order valence-electron chi connectivity index (χ0n) is 14.7. The van der Waals surface area contributed by atoms with E-state index >= 15 is 0 Å². The lowest BCUT2D eigenvalue weighted by atomic mass is 10.1. The van der Waals surface area contributed by atoms with Crippen molar-refractivity contribution in [3.8, 4) is 17.5 Å². The molecule has 2 heterocycles. The smallest absolute Gasteiger partial charge is 0.278 e. The highest BCUT2D eigenvalue weighted by molar-refractivity contribution is 6.33. The molecule has 3 aromatic rings. The van der Waals surface area contributed by atoms with Gasteiger partial charge in [-0.3, -0.25) is 9.36 Å². The fraction of sp³-hybridized carbons (Fsp3) is 0.316. The van der Waals surface area contributed by atoms with Gasteiger partial charge in [0.05, 0.1) is 16.7 Å². The molecule has 1 aromatic carbocycles. The molecular formula is C19H19ClN4O. The molecular weight excluding hydrogens is 336 g/mol. The number of benzene rings is 1. The highest BCUT2D eigenvalue weighted by atomic mass is 35.5. The number of rotatable bonds is 3. The van der Waals surface area contributed by atoms with E-state index in [0.29, 0.717) is 34.0 Å². The summed E-state index contributed by atoms with van der Waals surface area (Å²) >= 11 is 6.35. The van der Waals surface area contributed by atoms with Gasteiger partial charge in [0.2, 0.25) is 0 Å². The van der Waals surface area contributed by atoms with E-state index in [0.717, 1.165) is 11.3 Å². The van der Waals surface area contributed by atoms with Gasteiger partial charge in [0.1, 0.15) is 5.52 Å². The largest absolute Gasteiger partial charge is 0.290 e. The molecule has 25 heavy (non-hydrogen) atoms. The number of aryl methyl sites for hydroxylation is 1. The van der Waals surface area contributed by atoms with Crippen LogP contribution >= 0.6 is 11.6 Å². The zero-order chi connectivity index (χ0) is 18.3. The molecule has 0 fully saturated rings. The number of halogens is 1. The number of fused-ring (bicyclic) bond motifs is 1. The van der Waals surface area contributed by atoms with Crippen molar-refractivity contribution >= 4 is 17.1 Å². The van der Waals surface area contributed by atoms with Crippen LogP contribution in [0, 0.1) is 18.3 Å². The van der Waals surface area contributed by atoms with Crippen molar-refractivity contribution in [3.05, 3.63) is 56.5 Å². The molecule has 128 valence electrons. The summed E-state index contributed by atoms with van der Waals surface area (Å²) in [5.41, 5.74) is 3.55. The van der Waals surface area contributed by atoms with Gasteiger partial charge in [-0.1, -0.05) is 25.4 Å². The molecule has 3 rings (SSSR count). The molecule has 0 saturated heterocycles. The topological polar surface area (TPSA) is 63.1 Å². The van der Waals surface area contributed by atoms with E-state index in [1.54, 1.807) is 27.3 Å². The molecule has 6 heteroatoms. The predicted octanol–water partition coefficient (Wildman–Crippen LogP) is 4.14. The second-order valence-corrected chi connectivity index (χ2v) is 6.74. The zero-order valence-corrected chi connectivity index (χ0v) is 15.4. The lowest BCUT2D eigenvalue weighted by Gasteiger charge is -2.14. The van der Waals surface area contributed by atoms with E-state index in [2.05, 4.69) is 19.9 Å². The van der Waals surface area contributed by atoms with Crippen molar-refractivity contribution in [1.82, 2.24) is 14.2 Å². The summed E-state index contributed by atoms with van der Waals surface area (Å²) in [6.45, 7) is 8.46. The van der Waals surface area contributed by atoms with Crippen LogP contribution in [0.15, 0.2) is 29.1 Å². The highest BCUT2D eigenvalue weighted by Crippen LogP contribution is 2.28. The van der Waals surface area contributed by atoms with Crippen LogP contribution in [0.2, 0.25) is 5.02 Å². The monoisotopic (exact) mass is 354 g/mol. The Morgan fingerprint density at radius 1 is 1.32 bits per heavy atom. The minimum atomic E-state index is -0.0790. The molecule has 5 nitrogen and oxygen atoms in total. The molecule has 0 aliphatic carbocycles. The Morgan fingerprint density at radius 3 is 2.60 bits per heavy atom. The fourth-order valence-corrected chi connectivity index (χ4v) is 3.33. The number of aromatic nitrogens is 3.